The topological polar surface area (TPSA) is 65.9 Å². The summed E-state index contributed by atoms with van der Waals surface area (Å²) in [5, 5.41) is 9.70. The Kier molecular flexibility index (Phi) is 6.04. The predicted octanol–water partition coefficient (Wildman–Crippen LogP) is 3.16. The van der Waals surface area contributed by atoms with Crippen LogP contribution in [0.1, 0.15) is 21.6 Å². The Bertz CT molecular complexity index is 1130. The number of pyridine rings is 1. The maximum atomic E-state index is 13.1. The molecular formula is C25H23N3O3. The minimum Gasteiger partial charge on any atom is -0.508 e. The summed E-state index contributed by atoms with van der Waals surface area (Å²) >= 11 is 0. The molecule has 6 nitrogen and oxygen atoms in total. The number of phenols is 1. The van der Waals surface area contributed by atoms with Gasteiger partial charge in [0, 0.05) is 49.7 Å². The number of phenolic OH excluding ortho intramolecular Hbond substituents is 1. The van der Waals surface area contributed by atoms with E-state index in [0.717, 1.165) is 5.69 Å². The van der Waals surface area contributed by atoms with Gasteiger partial charge in [-0.3, -0.25) is 4.79 Å². The van der Waals surface area contributed by atoms with Crippen LogP contribution >= 0.6 is 0 Å². The third kappa shape index (κ3) is 4.78. The van der Waals surface area contributed by atoms with E-state index in [1.807, 2.05) is 35.2 Å². The summed E-state index contributed by atoms with van der Waals surface area (Å²) in [6.45, 7) is 2.63. The molecule has 1 aliphatic rings. The van der Waals surface area contributed by atoms with Crippen molar-refractivity contribution >= 4 is 11.6 Å². The SMILES string of the molecule is COc1ccc(C(=O)N2CCN(c3cccc(O)c3)CC2)cc1C#Cc1ccccn1. The van der Waals surface area contributed by atoms with E-state index in [9.17, 15) is 9.90 Å². The van der Waals surface area contributed by atoms with Gasteiger partial charge in [0.15, 0.2) is 0 Å². The van der Waals surface area contributed by atoms with Crippen LogP contribution < -0.4 is 9.64 Å². The van der Waals surface area contributed by atoms with E-state index in [-0.39, 0.29) is 11.7 Å². The number of ether oxygens (including phenoxy) is 1. The Morgan fingerprint density at radius 3 is 2.55 bits per heavy atom. The normalized spacial score (nSPS) is 13.3. The van der Waals surface area contributed by atoms with Crippen LogP contribution in [0.5, 0.6) is 11.5 Å². The predicted molar refractivity (Wildman–Crippen MR) is 119 cm³/mol. The Hall–Kier alpha value is -3.98. The van der Waals surface area contributed by atoms with Gasteiger partial charge in [-0.25, -0.2) is 4.98 Å². The molecule has 1 N–H and O–H groups in total. The highest BCUT2D eigenvalue weighted by Crippen LogP contribution is 2.23. The number of amides is 1. The lowest BCUT2D eigenvalue weighted by atomic mass is 10.1. The molecule has 0 atom stereocenters. The average molecular weight is 413 g/mol. The van der Waals surface area contributed by atoms with Crippen LogP contribution in [0.4, 0.5) is 5.69 Å². The summed E-state index contributed by atoms with van der Waals surface area (Å²) in [7, 11) is 1.59. The monoisotopic (exact) mass is 413 g/mol. The van der Waals surface area contributed by atoms with Crippen molar-refractivity contribution in [1.82, 2.24) is 9.88 Å². The number of hydrogen-bond acceptors (Lipinski definition) is 5. The Balaban J connectivity index is 1.48. The molecule has 156 valence electrons. The van der Waals surface area contributed by atoms with Crippen LogP contribution in [-0.2, 0) is 0 Å². The highest BCUT2D eigenvalue weighted by Gasteiger charge is 2.23. The van der Waals surface area contributed by atoms with E-state index in [1.165, 1.54) is 0 Å². The van der Waals surface area contributed by atoms with Gasteiger partial charge in [-0.1, -0.05) is 18.1 Å². The number of rotatable bonds is 3. The van der Waals surface area contributed by atoms with Gasteiger partial charge in [0.25, 0.3) is 5.91 Å². The molecule has 0 saturated carbocycles. The first-order valence-corrected chi connectivity index (χ1v) is 10.1. The zero-order chi connectivity index (χ0) is 21.6. The van der Waals surface area contributed by atoms with Crippen LogP contribution in [0.2, 0.25) is 0 Å². The van der Waals surface area contributed by atoms with Crippen molar-refractivity contribution in [3.05, 3.63) is 83.7 Å². The van der Waals surface area contributed by atoms with Crippen molar-refractivity contribution in [2.24, 2.45) is 0 Å². The van der Waals surface area contributed by atoms with Crippen molar-refractivity contribution in [3.63, 3.8) is 0 Å². The first-order chi connectivity index (χ1) is 15.1. The van der Waals surface area contributed by atoms with Gasteiger partial charge in [-0.05, 0) is 48.4 Å². The van der Waals surface area contributed by atoms with Crippen LogP contribution in [0.15, 0.2) is 66.9 Å². The molecule has 0 bridgehead atoms. The standard InChI is InChI=1S/C25H23N3O3/c1-31-24-11-9-20(17-19(24)8-10-21-5-2-3-12-26-21)25(30)28-15-13-27(14-16-28)22-6-4-7-23(29)18-22/h2-7,9,11-12,17-18,29H,13-16H2,1H3. The minimum atomic E-state index is -0.0286. The summed E-state index contributed by atoms with van der Waals surface area (Å²) in [4.78, 5) is 21.3. The number of carbonyl (C=O) groups is 1. The fourth-order valence-electron chi connectivity index (χ4n) is 3.55. The van der Waals surface area contributed by atoms with Crippen LogP contribution in [0.25, 0.3) is 0 Å². The Morgan fingerprint density at radius 1 is 1.00 bits per heavy atom. The molecule has 0 spiro atoms. The number of carbonyl (C=O) groups excluding carboxylic acids is 1. The Labute approximate surface area is 181 Å². The van der Waals surface area contributed by atoms with Crippen LogP contribution in [-0.4, -0.2) is 54.2 Å². The van der Waals surface area contributed by atoms with Gasteiger partial charge in [-0.15, -0.1) is 0 Å². The number of benzene rings is 2. The second-order valence-electron chi connectivity index (χ2n) is 7.18. The van der Waals surface area contributed by atoms with Crippen molar-refractivity contribution in [2.75, 3.05) is 38.2 Å². The summed E-state index contributed by atoms with van der Waals surface area (Å²) in [5.41, 5.74) is 2.85. The lowest BCUT2D eigenvalue weighted by Gasteiger charge is -2.36. The molecule has 1 fully saturated rings. The van der Waals surface area contributed by atoms with Gasteiger partial charge in [0.05, 0.1) is 12.7 Å². The summed E-state index contributed by atoms with van der Waals surface area (Å²) in [5.74, 6) is 6.92. The molecule has 1 amide bonds. The first-order valence-electron chi connectivity index (χ1n) is 10.1. The molecule has 0 radical (unpaired) electrons. The second kappa shape index (κ2) is 9.23. The van der Waals surface area contributed by atoms with Gasteiger partial charge in [0.2, 0.25) is 0 Å². The number of nitrogens with zero attached hydrogens (tertiary/aromatic N) is 3. The molecule has 1 saturated heterocycles. The summed E-state index contributed by atoms with van der Waals surface area (Å²) < 4.78 is 5.41. The fourth-order valence-corrected chi connectivity index (χ4v) is 3.55. The van der Waals surface area contributed by atoms with Gasteiger partial charge in [-0.2, -0.15) is 0 Å². The van der Waals surface area contributed by atoms with Crippen molar-refractivity contribution in [2.45, 2.75) is 0 Å². The quantitative estimate of drug-likeness (QED) is 0.669. The zero-order valence-electron chi connectivity index (χ0n) is 17.3. The second-order valence-corrected chi connectivity index (χ2v) is 7.18. The summed E-state index contributed by atoms with van der Waals surface area (Å²) in [6.07, 6.45) is 1.69. The van der Waals surface area contributed by atoms with Crippen molar-refractivity contribution in [1.29, 1.82) is 0 Å². The van der Waals surface area contributed by atoms with Crippen LogP contribution in [0, 0.1) is 11.8 Å². The zero-order valence-corrected chi connectivity index (χ0v) is 17.3. The minimum absolute atomic E-state index is 0.0286. The highest BCUT2D eigenvalue weighted by molar-refractivity contribution is 5.95. The van der Waals surface area contributed by atoms with Crippen molar-refractivity contribution in [3.8, 4) is 23.3 Å². The van der Waals surface area contributed by atoms with E-state index in [0.29, 0.717) is 48.7 Å². The molecule has 31 heavy (non-hydrogen) atoms. The molecule has 2 aromatic carbocycles. The highest BCUT2D eigenvalue weighted by atomic mass is 16.5. The lowest BCUT2D eigenvalue weighted by Crippen LogP contribution is -2.48. The summed E-state index contributed by atoms with van der Waals surface area (Å²) in [6, 6.07) is 18.1. The molecule has 4 rings (SSSR count). The molecule has 1 aliphatic heterocycles. The molecule has 6 heteroatoms. The van der Waals surface area contributed by atoms with Crippen molar-refractivity contribution < 1.29 is 14.6 Å². The molecule has 2 heterocycles. The Morgan fingerprint density at radius 2 is 1.84 bits per heavy atom. The number of piperazine rings is 1. The molecule has 1 aromatic heterocycles. The molecule has 3 aromatic rings. The fraction of sp³-hybridized carbons (Fsp3) is 0.200. The third-order valence-corrected chi connectivity index (χ3v) is 5.20. The smallest absolute Gasteiger partial charge is 0.254 e. The maximum Gasteiger partial charge on any atom is 0.254 e. The van der Waals surface area contributed by atoms with E-state index < -0.39 is 0 Å². The maximum absolute atomic E-state index is 13.1. The molecule has 0 unspecified atom stereocenters. The number of aromatic hydroxyl groups is 1. The third-order valence-electron chi connectivity index (χ3n) is 5.20. The first kappa shape index (κ1) is 20.3. The number of hydrogen-bond donors (Lipinski definition) is 1. The van der Waals surface area contributed by atoms with Gasteiger partial charge in [0.1, 0.15) is 17.2 Å². The lowest BCUT2D eigenvalue weighted by molar-refractivity contribution is 0.0746. The van der Waals surface area contributed by atoms with E-state index >= 15 is 0 Å². The number of methoxy groups -OCH3 is 1. The van der Waals surface area contributed by atoms with E-state index in [1.54, 1.807) is 43.6 Å². The van der Waals surface area contributed by atoms with E-state index in [4.69, 9.17) is 4.74 Å². The largest absolute Gasteiger partial charge is 0.508 e. The molecular weight excluding hydrogens is 390 g/mol. The van der Waals surface area contributed by atoms with E-state index in [2.05, 4.69) is 21.7 Å². The number of aromatic nitrogens is 1. The molecule has 0 aliphatic carbocycles. The van der Waals surface area contributed by atoms with Gasteiger partial charge >= 0.3 is 0 Å². The number of anilines is 1. The van der Waals surface area contributed by atoms with Gasteiger partial charge < -0.3 is 19.6 Å². The average Bonchev–Trinajstić information content (AvgIpc) is 2.83. The van der Waals surface area contributed by atoms with Crippen LogP contribution in [0.3, 0.4) is 0 Å².